The number of rotatable bonds is 2. The first kappa shape index (κ1) is 10.6. The van der Waals surface area contributed by atoms with Crippen molar-refractivity contribution in [2.45, 2.75) is 0 Å². The van der Waals surface area contributed by atoms with Crippen LogP contribution in [0, 0.1) is 0 Å². The number of thiophene rings is 1. The van der Waals surface area contributed by atoms with E-state index < -0.39 is 0 Å². The van der Waals surface area contributed by atoms with Gasteiger partial charge in [-0.3, -0.25) is 4.79 Å². The van der Waals surface area contributed by atoms with Gasteiger partial charge in [0, 0.05) is 22.2 Å². The number of halogens is 1. The number of carbonyl (C=O) groups excluding carboxylic acids is 1. The lowest BCUT2D eigenvalue weighted by atomic mass is 10.2. The molecule has 17 heavy (non-hydrogen) atoms. The third-order valence-corrected chi connectivity index (χ3v) is 3.93. The molecule has 0 radical (unpaired) electrons. The number of aldehydes is 1. The summed E-state index contributed by atoms with van der Waals surface area (Å²) in [5.74, 6) is 0. The molecule has 0 aliphatic rings. The average Bonchev–Trinajstić information content (AvgIpc) is 2.91. The summed E-state index contributed by atoms with van der Waals surface area (Å²) in [5, 5.41) is 0. The van der Waals surface area contributed by atoms with Gasteiger partial charge in [-0.15, -0.1) is 11.3 Å². The molecule has 0 aromatic carbocycles. The van der Waals surface area contributed by atoms with Crippen molar-refractivity contribution in [1.82, 2.24) is 4.40 Å². The molecule has 0 unspecified atom stereocenters. The Balaban J connectivity index is 2.32. The molecule has 0 fully saturated rings. The van der Waals surface area contributed by atoms with E-state index in [2.05, 4.69) is 0 Å². The van der Waals surface area contributed by atoms with Gasteiger partial charge in [-0.25, -0.2) is 0 Å². The van der Waals surface area contributed by atoms with Crippen LogP contribution >= 0.6 is 22.9 Å². The number of hydrogen-bond donors (Lipinski definition) is 0. The van der Waals surface area contributed by atoms with Crippen LogP contribution in [0.4, 0.5) is 0 Å². The predicted octanol–water partition coefficient (Wildman–Crippen LogP) is 4.13. The van der Waals surface area contributed by atoms with Crippen LogP contribution in [0.3, 0.4) is 0 Å². The van der Waals surface area contributed by atoms with Gasteiger partial charge in [0.25, 0.3) is 0 Å². The molecule has 0 N–H and O–H groups in total. The van der Waals surface area contributed by atoms with Gasteiger partial charge in [0.2, 0.25) is 0 Å². The first-order valence-corrected chi connectivity index (χ1v) is 6.30. The zero-order valence-electron chi connectivity index (χ0n) is 8.76. The van der Waals surface area contributed by atoms with Gasteiger partial charge in [0.1, 0.15) is 0 Å². The molecule has 3 rings (SSSR count). The Morgan fingerprint density at radius 2 is 2.12 bits per heavy atom. The van der Waals surface area contributed by atoms with E-state index >= 15 is 0 Å². The third kappa shape index (κ3) is 1.68. The van der Waals surface area contributed by atoms with Crippen molar-refractivity contribution in [2.75, 3.05) is 0 Å². The van der Waals surface area contributed by atoms with Gasteiger partial charge in [-0.2, -0.15) is 0 Å². The van der Waals surface area contributed by atoms with Gasteiger partial charge in [0.15, 0.2) is 6.29 Å². The van der Waals surface area contributed by atoms with Crippen LogP contribution in [0.15, 0.2) is 42.6 Å². The Morgan fingerprint density at radius 3 is 2.82 bits per heavy atom. The summed E-state index contributed by atoms with van der Waals surface area (Å²) >= 11 is 7.41. The van der Waals surface area contributed by atoms with Crippen molar-refractivity contribution in [2.24, 2.45) is 0 Å². The van der Waals surface area contributed by atoms with Crippen molar-refractivity contribution in [3.63, 3.8) is 0 Å². The van der Waals surface area contributed by atoms with Gasteiger partial charge in [0.05, 0.1) is 10.0 Å². The number of carbonyl (C=O) groups is 1. The molecule has 0 saturated carbocycles. The van der Waals surface area contributed by atoms with E-state index in [9.17, 15) is 4.79 Å². The largest absolute Gasteiger partial charge is 0.314 e. The number of aromatic nitrogens is 1. The summed E-state index contributed by atoms with van der Waals surface area (Å²) < 4.78 is 2.61. The fourth-order valence-electron chi connectivity index (χ4n) is 1.92. The van der Waals surface area contributed by atoms with Crippen LogP contribution in [-0.2, 0) is 0 Å². The van der Waals surface area contributed by atoms with Crippen LogP contribution in [0.25, 0.3) is 16.0 Å². The Hall–Kier alpha value is -1.58. The Kier molecular flexibility index (Phi) is 2.50. The van der Waals surface area contributed by atoms with Crippen LogP contribution in [0.5, 0.6) is 0 Å². The molecule has 0 atom stereocenters. The molecule has 2 nitrogen and oxygen atoms in total. The molecule has 0 aliphatic carbocycles. The quantitative estimate of drug-likeness (QED) is 0.636. The molecular formula is C13H8ClNOS. The minimum absolute atomic E-state index is 0.666. The maximum absolute atomic E-state index is 11.2. The zero-order chi connectivity index (χ0) is 11.8. The second-order valence-electron chi connectivity index (χ2n) is 3.66. The van der Waals surface area contributed by atoms with Crippen LogP contribution < -0.4 is 0 Å². The van der Waals surface area contributed by atoms with Gasteiger partial charge < -0.3 is 4.40 Å². The molecule has 0 spiro atoms. The van der Waals surface area contributed by atoms with E-state index in [1.54, 1.807) is 0 Å². The molecule has 3 aromatic heterocycles. The van der Waals surface area contributed by atoms with Gasteiger partial charge in [-0.05, 0) is 30.3 Å². The van der Waals surface area contributed by atoms with Crippen LogP contribution in [0.1, 0.15) is 10.5 Å². The average molecular weight is 262 g/mol. The number of hydrogen-bond acceptors (Lipinski definition) is 2. The lowest BCUT2D eigenvalue weighted by molar-refractivity contribution is 0.111. The lowest BCUT2D eigenvalue weighted by Crippen LogP contribution is -1.90. The summed E-state index contributed by atoms with van der Waals surface area (Å²) in [6.07, 6.45) is 2.77. The van der Waals surface area contributed by atoms with Crippen LogP contribution in [0.2, 0.25) is 4.34 Å². The predicted molar refractivity (Wildman–Crippen MR) is 71.1 cm³/mol. The summed E-state index contributed by atoms with van der Waals surface area (Å²) in [7, 11) is 0. The fraction of sp³-hybridized carbons (Fsp3) is 0. The number of fused-ring (bicyclic) bond motifs is 1. The second-order valence-corrected chi connectivity index (χ2v) is 5.38. The highest BCUT2D eigenvalue weighted by Gasteiger charge is 2.12. The number of nitrogens with zero attached hydrogens (tertiary/aromatic N) is 1. The molecule has 84 valence electrons. The summed E-state index contributed by atoms with van der Waals surface area (Å²) in [5.41, 5.74) is 2.61. The Morgan fingerprint density at radius 1 is 1.24 bits per heavy atom. The Bertz CT molecular complexity index is 698. The SMILES string of the molecule is O=Cc1c(-c2ccc(Cl)s2)cc2ccccn12. The van der Waals surface area contributed by atoms with E-state index in [4.69, 9.17) is 11.6 Å². The summed E-state index contributed by atoms with van der Waals surface area (Å²) in [6, 6.07) is 11.6. The molecule has 0 saturated heterocycles. The highest BCUT2D eigenvalue weighted by Crippen LogP contribution is 2.34. The second kappa shape index (κ2) is 4.02. The fourth-order valence-corrected chi connectivity index (χ4v) is 2.99. The summed E-state index contributed by atoms with van der Waals surface area (Å²) in [6.45, 7) is 0. The molecule has 3 aromatic rings. The van der Waals surface area contributed by atoms with E-state index in [-0.39, 0.29) is 0 Å². The van der Waals surface area contributed by atoms with E-state index in [0.29, 0.717) is 5.69 Å². The normalized spacial score (nSPS) is 10.9. The maximum atomic E-state index is 11.2. The van der Waals surface area contributed by atoms with E-state index in [1.165, 1.54) is 11.3 Å². The summed E-state index contributed by atoms with van der Waals surface area (Å²) in [4.78, 5) is 12.2. The van der Waals surface area contributed by atoms with Gasteiger partial charge in [-0.1, -0.05) is 17.7 Å². The molecule has 3 heterocycles. The first-order valence-electron chi connectivity index (χ1n) is 5.10. The molecule has 0 aliphatic heterocycles. The molecule has 0 amide bonds. The molecule has 0 bridgehead atoms. The highest BCUT2D eigenvalue weighted by atomic mass is 35.5. The maximum Gasteiger partial charge on any atom is 0.167 e. The minimum Gasteiger partial charge on any atom is -0.314 e. The standard InChI is InChI=1S/C13H8ClNOS/c14-13-5-4-12(17-13)10-7-9-3-1-2-6-15(9)11(10)8-16/h1-8H. The van der Waals surface area contributed by atoms with Crippen molar-refractivity contribution in [1.29, 1.82) is 0 Å². The lowest BCUT2D eigenvalue weighted by Gasteiger charge is -1.96. The molecule has 4 heteroatoms. The first-order chi connectivity index (χ1) is 8.29. The van der Waals surface area contributed by atoms with Crippen molar-refractivity contribution < 1.29 is 4.79 Å². The highest BCUT2D eigenvalue weighted by molar-refractivity contribution is 7.19. The Labute approximate surface area is 107 Å². The molecular weight excluding hydrogens is 254 g/mol. The topological polar surface area (TPSA) is 21.5 Å². The smallest absolute Gasteiger partial charge is 0.167 e. The van der Waals surface area contributed by atoms with E-state index in [0.717, 1.165) is 26.6 Å². The van der Waals surface area contributed by atoms with Crippen molar-refractivity contribution in [3.8, 4) is 10.4 Å². The third-order valence-electron chi connectivity index (χ3n) is 2.67. The monoisotopic (exact) mass is 261 g/mol. The number of pyridine rings is 1. The van der Waals surface area contributed by atoms with Crippen molar-refractivity contribution >= 4 is 34.7 Å². The zero-order valence-corrected chi connectivity index (χ0v) is 10.3. The van der Waals surface area contributed by atoms with Crippen molar-refractivity contribution in [3.05, 3.63) is 52.6 Å². The minimum atomic E-state index is 0.666. The van der Waals surface area contributed by atoms with E-state index in [1.807, 2.05) is 47.0 Å². The van der Waals surface area contributed by atoms with Gasteiger partial charge >= 0.3 is 0 Å². The van der Waals surface area contributed by atoms with Crippen LogP contribution in [-0.4, -0.2) is 10.7 Å².